The molecule has 0 unspecified atom stereocenters. The number of likely N-dealkylation sites (tertiary alicyclic amines) is 1. The predicted molar refractivity (Wildman–Crippen MR) is 105 cm³/mol. The summed E-state index contributed by atoms with van der Waals surface area (Å²) < 4.78 is 33.5. The fraction of sp³-hybridized carbons (Fsp3) is 0.476. The Labute approximate surface area is 168 Å². The normalized spacial score (nSPS) is 17.9. The van der Waals surface area contributed by atoms with Crippen molar-refractivity contribution >= 4 is 5.78 Å². The van der Waals surface area contributed by atoms with Gasteiger partial charge in [-0.1, -0.05) is 6.07 Å². The van der Waals surface area contributed by atoms with E-state index in [1.54, 1.807) is 7.11 Å². The summed E-state index contributed by atoms with van der Waals surface area (Å²) in [6.07, 6.45) is 0.574. The van der Waals surface area contributed by atoms with Gasteiger partial charge in [-0.3, -0.25) is 4.90 Å². The summed E-state index contributed by atoms with van der Waals surface area (Å²) in [4.78, 5) is 10.9. The molecule has 1 fully saturated rings. The van der Waals surface area contributed by atoms with E-state index in [-0.39, 0.29) is 17.4 Å². The van der Waals surface area contributed by atoms with E-state index >= 15 is 0 Å². The van der Waals surface area contributed by atoms with Crippen LogP contribution in [0.3, 0.4) is 0 Å². The van der Waals surface area contributed by atoms with Gasteiger partial charge < -0.3 is 4.74 Å². The average molecular weight is 401 g/mol. The van der Waals surface area contributed by atoms with E-state index in [4.69, 9.17) is 4.74 Å². The molecule has 0 spiro atoms. The monoisotopic (exact) mass is 401 g/mol. The van der Waals surface area contributed by atoms with Crippen LogP contribution in [0.15, 0.2) is 24.5 Å². The highest BCUT2D eigenvalue weighted by molar-refractivity contribution is 5.43. The molecule has 1 aliphatic rings. The lowest BCUT2D eigenvalue weighted by molar-refractivity contribution is 0.142. The molecule has 0 saturated carbocycles. The second-order valence-electron chi connectivity index (χ2n) is 7.63. The highest BCUT2D eigenvalue weighted by Crippen LogP contribution is 2.31. The van der Waals surface area contributed by atoms with E-state index in [9.17, 15) is 8.78 Å². The van der Waals surface area contributed by atoms with Gasteiger partial charge in [0.15, 0.2) is 0 Å². The minimum atomic E-state index is -2.62. The number of ether oxygens (including phenoxy) is 1. The lowest BCUT2D eigenvalue weighted by Gasteiger charge is -2.33. The van der Waals surface area contributed by atoms with Crippen molar-refractivity contribution in [1.29, 1.82) is 0 Å². The van der Waals surface area contributed by atoms with Crippen molar-refractivity contribution in [1.82, 2.24) is 24.5 Å². The number of rotatable bonds is 5. The van der Waals surface area contributed by atoms with Gasteiger partial charge >= 0.3 is 0 Å². The molecule has 4 rings (SSSR count). The molecule has 8 heteroatoms. The molecule has 1 aliphatic heterocycles. The quantitative estimate of drug-likeness (QED) is 0.645. The Balaban J connectivity index is 1.56. The molecule has 1 aromatic carbocycles. The maximum atomic E-state index is 13.5. The molecule has 29 heavy (non-hydrogen) atoms. The molecule has 0 N–H and O–H groups in total. The van der Waals surface area contributed by atoms with Gasteiger partial charge in [-0.2, -0.15) is 14.6 Å². The van der Waals surface area contributed by atoms with Gasteiger partial charge in [-0.25, -0.2) is 13.8 Å². The Morgan fingerprint density at radius 1 is 1.24 bits per heavy atom. The number of piperidine rings is 1. The summed E-state index contributed by atoms with van der Waals surface area (Å²) in [5, 5.41) is 3.87. The SMILES string of the molecule is COc1ccc(CN2CCC[C@H](c3cc(C(F)F)n4ncnc4n3)C2)c(C)c1C. The Kier molecular flexibility index (Phi) is 5.45. The van der Waals surface area contributed by atoms with Crippen LogP contribution in [0.4, 0.5) is 8.78 Å². The molecule has 2 aromatic heterocycles. The third-order valence-corrected chi connectivity index (χ3v) is 5.91. The van der Waals surface area contributed by atoms with Gasteiger partial charge in [0.2, 0.25) is 0 Å². The fourth-order valence-electron chi connectivity index (χ4n) is 4.14. The number of halogens is 2. The summed E-state index contributed by atoms with van der Waals surface area (Å²) in [6, 6.07) is 5.61. The van der Waals surface area contributed by atoms with Crippen molar-refractivity contribution in [3.8, 4) is 5.75 Å². The molecule has 0 radical (unpaired) electrons. The maximum Gasteiger partial charge on any atom is 0.280 e. The Hall–Kier alpha value is -2.61. The minimum Gasteiger partial charge on any atom is -0.496 e. The molecular formula is C21H25F2N5O. The number of benzene rings is 1. The third kappa shape index (κ3) is 3.81. The lowest BCUT2D eigenvalue weighted by atomic mass is 9.93. The second kappa shape index (κ2) is 8.02. The summed E-state index contributed by atoms with van der Waals surface area (Å²) >= 11 is 0. The Morgan fingerprint density at radius 3 is 2.83 bits per heavy atom. The van der Waals surface area contributed by atoms with E-state index in [0.29, 0.717) is 5.69 Å². The van der Waals surface area contributed by atoms with Crippen LogP contribution >= 0.6 is 0 Å². The van der Waals surface area contributed by atoms with E-state index in [1.165, 1.54) is 23.5 Å². The van der Waals surface area contributed by atoms with Crippen LogP contribution in [0.1, 0.15) is 53.3 Å². The summed E-state index contributed by atoms with van der Waals surface area (Å²) in [6.45, 7) is 6.77. The van der Waals surface area contributed by atoms with Crippen LogP contribution in [-0.2, 0) is 6.54 Å². The molecule has 3 aromatic rings. The highest BCUT2D eigenvalue weighted by atomic mass is 19.3. The van der Waals surface area contributed by atoms with Crippen molar-refractivity contribution in [3.63, 3.8) is 0 Å². The van der Waals surface area contributed by atoms with Gasteiger partial charge in [0.1, 0.15) is 17.8 Å². The van der Waals surface area contributed by atoms with Crippen molar-refractivity contribution in [2.75, 3.05) is 20.2 Å². The van der Waals surface area contributed by atoms with Crippen molar-refractivity contribution < 1.29 is 13.5 Å². The van der Waals surface area contributed by atoms with Crippen LogP contribution in [0.25, 0.3) is 5.78 Å². The van der Waals surface area contributed by atoms with E-state index < -0.39 is 6.43 Å². The zero-order chi connectivity index (χ0) is 20.5. The summed E-state index contributed by atoms with van der Waals surface area (Å²) in [5.74, 6) is 1.23. The zero-order valence-electron chi connectivity index (χ0n) is 16.9. The van der Waals surface area contributed by atoms with Crippen molar-refractivity contribution in [3.05, 3.63) is 52.6 Å². The number of hydrogen-bond donors (Lipinski definition) is 0. The lowest BCUT2D eigenvalue weighted by Crippen LogP contribution is -2.34. The van der Waals surface area contributed by atoms with Gasteiger partial charge in [-0.05, 0) is 62.1 Å². The molecule has 6 nitrogen and oxygen atoms in total. The van der Waals surface area contributed by atoms with E-state index in [1.807, 2.05) is 6.07 Å². The Bertz CT molecular complexity index is 1020. The van der Waals surface area contributed by atoms with E-state index in [2.05, 4.69) is 39.9 Å². The topological polar surface area (TPSA) is 55.6 Å². The molecule has 1 atom stereocenters. The molecule has 1 saturated heterocycles. The number of methoxy groups -OCH3 is 1. The minimum absolute atomic E-state index is 0.0996. The summed E-state index contributed by atoms with van der Waals surface area (Å²) in [5.41, 5.74) is 4.17. The first kappa shape index (κ1) is 19.7. The number of nitrogens with zero attached hydrogens (tertiary/aromatic N) is 5. The number of hydrogen-bond acceptors (Lipinski definition) is 5. The third-order valence-electron chi connectivity index (χ3n) is 5.91. The number of alkyl halides is 2. The van der Waals surface area contributed by atoms with Crippen LogP contribution in [0, 0.1) is 13.8 Å². The molecule has 0 amide bonds. The van der Waals surface area contributed by atoms with Gasteiger partial charge in [0, 0.05) is 19.0 Å². The van der Waals surface area contributed by atoms with Crippen LogP contribution in [0.5, 0.6) is 5.75 Å². The predicted octanol–water partition coefficient (Wildman–Crippen LogP) is 4.07. The van der Waals surface area contributed by atoms with Gasteiger partial charge in [0.05, 0.1) is 12.8 Å². The highest BCUT2D eigenvalue weighted by Gasteiger charge is 2.26. The molecular weight excluding hydrogens is 376 g/mol. The average Bonchev–Trinajstić information content (AvgIpc) is 3.19. The first-order valence-corrected chi connectivity index (χ1v) is 9.82. The zero-order valence-corrected chi connectivity index (χ0v) is 16.9. The van der Waals surface area contributed by atoms with Crippen LogP contribution in [-0.4, -0.2) is 44.7 Å². The molecule has 154 valence electrons. The first-order valence-electron chi connectivity index (χ1n) is 9.82. The second-order valence-corrected chi connectivity index (χ2v) is 7.63. The summed E-state index contributed by atoms with van der Waals surface area (Å²) in [7, 11) is 1.68. The maximum absolute atomic E-state index is 13.5. The fourth-order valence-corrected chi connectivity index (χ4v) is 4.14. The molecule has 0 bridgehead atoms. The van der Waals surface area contributed by atoms with Crippen molar-refractivity contribution in [2.24, 2.45) is 0 Å². The standard InChI is InChI=1S/C21H25F2N5O/c1-13-14(2)19(29-3)7-6-15(13)10-27-8-4-5-16(11-27)17-9-18(20(22)23)28-21(26-17)24-12-25-28/h6-7,9,12,16,20H,4-5,8,10-11H2,1-3H3/t16-/m0/s1. The van der Waals surface area contributed by atoms with Crippen molar-refractivity contribution in [2.45, 2.75) is 45.6 Å². The Morgan fingerprint density at radius 2 is 2.07 bits per heavy atom. The van der Waals surface area contributed by atoms with Crippen LogP contribution in [0.2, 0.25) is 0 Å². The first-order chi connectivity index (χ1) is 14.0. The number of fused-ring (bicyclic) bond motifs is 1. The molecule has 0 aliphatic carbocycles. The van der Waals surface area contributed by atoms with Gasteiger partial charge in [-0.15, -0.1) is 0 Å². The smallest absolute Gasteiger partial charge is 0.280 e. The van der Waals surface area contributed by atoms with Crippen LogP contribution < -0.4 is 4.74 Å². The largest absolute Gasteiger partial charge is 0.496 e. The number of aromatic nitrogens is 4. The molecule has 3 heterocycles. The van der Waals surface area contributed by atoms with Gasteiger partial charge in [0.25, 0.3) is 12.2 Å². The van der Waals surface area contributed by atoms with E-state index in [0.717, 1.165) is 48.3 Å².